The topological polar surface area (TPSA) is 89.4 Å². The Bertz CT molecular complexity index is 1120. The number of hydrogen-bond donors (Lipinski definition) is 1. The summed E-state index contributed by atoms with van der Waals surface area (Å²) in [5, 5.41) is 11.1. The van der Waals surface area contributed by atoms with Crippen molar-refractivity contribution in [2.75, 3.05) is 20.2 Å². The Balaban J connectivity index is 1.50. The maximum absolute atomic E-state index is 13.1. The summed E-state index contributed by atoms with van der Waals surface area (Å²) >= 11 is 0. The maximum Gasteiger partial charge on any atom is 0.245 e. The maximum atomic E-state index is 13.1. The highest BCUT2D eigenvalue weighted by Gasteiger charge is 2.33. The summed E-state index contributed by atoms with van der Waals surface area (Å²) in [5.74, 6) is 0.767. The third-order valence-electron chi connectivity index (χ3n) is 5.88. The fourth-order valence-corrected chi connectivity index (χ4v) is 3.99. The van der Waals surface area contributed by atoms with E-state index in [4.69, 9.17) is 4.74 Å². The van der Waals surface area contributed by atoms with Crippen LogP contribution in [0.15, 0.2) is 54.7 Å². The summed E-state index contributed by atoms with van der Waals surface area (Å²) in [6.45, 7) is 5.04. The molecule has 0 bridgehead atoms. The number of carbonyl (C=O) groups excluding carboxylic acids is 2. The summed E-state index contributed by atoms with van der Waals surface area (Å²) in [6.07, 6.45) is 2.23. The number of nitrogens with one attached hydrogen (secondary N) is 1. The molecule has 2 amide bonds. The average molecular weight is 448 g/mol. The van der Waals surface area contributed by atoms with Crippen molar-refractivity contribution < 1.29 is 14.3 Å². The lowest BCUT2D eigenvalue weighted by molar-refractivity contribution is -0.143. The molecule has 1 unspecified atom stereocenters. The molecule has 2 heterocycles. The van der Waals surface area contributed by atoms with Gasteiger partial charge in [0.05, 0.1) is 12.8 Å². The van der Waals surface area contributed by atoms with E-state index in [1.165, 1.54) is 0 Å². The fraction of sp³-hybridized carbons (Fsp3) is 0.360. The summed E-state index contributed by atoms with van der Waals surface area (Å²) in [6, 6.07) is 15.4. The first-order valence-corrected chi connectivity index (χ1v) is 11.1. The van der Waals surface area contributed by atoms with Crippen molar-refractivity contribution in [3.63, 3.8) is 0 Å². The van der Waals surface area contributed by atoms with Gasteiger partial charge in [-0.2, -0.15) is 0 Å². The Morgan fingerprint density at radius 1 is 1.18 bits per heavy atom. The van der Waals surface area contributed by atoms with Crippen LogP contribution >= 0.6 is 0 Å². The van der Waals surface area contributed by atoms with E-state index in [1.54, 1.807) is 22.9 Å². The van der Waals surface area contributed by atoms with Crippen LogP contribution < -0.4 is 10.1 Å². The van der Waals surface area contributed by atoms with Crippen LogP contribution in [0.5, 0.6) is 5.75 Å². The number of aromatic nitrogens is 3. The zero-order valence-corrected chi connectivity index (χ0v) is 19.2. The lowest BCUT2D eigenvalue weighted by Gasteiger charge is -2.35. The van der Waals surface area contributed by atoms with E-state index >= 15 is 0 Å². The molecule has 1 fully saturated rings. The number of methoxy groups -OCH3 is 1. The molecule has 8 nitrogen and oxygen atoms in total. The van der Waals surface area contributed by atoms with Crippen LogP contribution in [0.25, 0.3) is 11.1 Å². The van der Waals surface area contributed by atoms with Gasteiger partial charge in [-0.15, -0.1) is 5.10 Å². The highest BCUT2D eigenvalue weighted by Crippen LogP contribution is 2.24. The lowest BCUT2D eigenvalue weighted by Crippen LogP contribution is -2.58. The van der Waals surface area contributed by atoms with Crippen LogP contribution in [-0.4, -0.2) is 57.9 Å². The highest BCUT2D eigenvalue weighted by molar-refractivity contribution is 5.89. The van der Waals surface area contributed by atoms with Crippen LogP contribution in [0.3, 0.4) is 0 Å². The van der Waals surface area contributed by atoms with Gasteiger partial charge in [-0.1, -0.05) is 55.5 Å². The summed E-state index contributed by atoms with van der Waals surface area (Å²) in [7, 11) is 1.64. The molecule has 4 rings (SSSR count). The number of piperazine rings is 1. The molecule has 1 aliphatic heterocycles. The van der Waals surface area contributed by atoms with Crippen LogP contribution in [0, 0.1) is 0 Å². The molecule has 0 aliphatic carbocycles. The SMILES string of the molecule is COc1ccc(-c2cccc(CC3C(=O)NCCN3C(=O)Cn3cc(C(C)C)nn3)c2)cc1. The number of hydrogen-bond acceptors (Lipinski definition) is 5. The smallest absolute Gasteiger partial charge is 0.245 e. The van der Waals surface area contributed by atoms with Crippen molar-refractivity contribution in [2.24, 2.45) is 0 Å². The summed E-state index contributed by atoms with van der Waals surface area (Å²) in [4.78, 5) is 27.5. The van der Waals surface area contributed by atoms with E-state index < -0.39 is 6.04 Å². The third-order valence-corrected chi connectivity index (χ3v) is 5.88. The van der Waals surface area contributed by atoms with E-state index in [0.717, 1.165) is 28.1 Å². The van der Waals surface area contributed by atoms with Crippen LogP contribution in [-0.2, 0) is 22.6 Å². The van der Waals surface area contributed by atoms with Crippen LogP contribution in [0.2, 0.25) is 0 Å². The van der Waals surface area contributed by atoms with Gasteiger partial charge in [0.15, 0.2) is 0 Å². The number of rotatable bonds is 7. The summed E-state index contributed by atoms with van der Waals surface area (Å²) in [5.41, 5.74) is 3.94. The second-order valence-electron chi connectivity index (χ2n) is 8.52. The molecule has 1 atom stereocenters. The molecular weight excluding hydrogens is 418 g/mol. The van der Waals surface area contributed by atoms with Gasteiger partial charge in [0.2, 0.25) is 11.8 Å². The Morgan fingerprint density at radius 3 is 2.67 bits per heavy atom. The van der Waals surface area contributed by atoms with Gasteiger partial charge in [0, 0.05) is 25.7 Å². The normalized spacial score (nSPS) is 16.1. The Labute approximate surface area is 193 Å². The minimum absolute atomic E-state index is 0.0649. The van der Waals surface area contributed by atoms with E-state index in [9.17, 15) is 9.59 Å². The van der Waals surface area contributed by atoms with Crippen molar-refractivity contribution in [2.45, 2.75) is 38.8 Å². The zero-order valence-electron chi connectivity index (χ0n) is 19.2. The van der Waals surface area contributed by atoms with E-state index in [-0.39, 0.29) is 24.3 Å². The minimum Gasteiger partial charge on any atom is -0.497 e. The number of carbonyl (C=O) groups is 2. The lowest BCUT2D eigenvalue weighted by atomic mass is 9.97. The third kappa shape index (κ3) is 5.22. The monoisotopic (exact) mass is 447 g/mol. The highest BCUT2D eigenvalue weighted by atomic mass is 16.5. The standard InChI is InChI=1S/C25H29N5O3/c1-17(2)22-15-29(28-27-22)16-24(31)30-12-11-26-25(32)23(30)14-18-5-4-6-20(13-18)19-7-9-21(33-3)10-8-19/h4-10,13,15,17,23H,11-12,14,16H2,1-3H3,(H,26,32). The molecule has 3 aromatic rings. The van der Waals surface area contributed by atoms with Gasteiger partial charge in [-0.05, 0) is 34.7 Å². The van der Waals surface area contributed by atoms with Crippen molar-refractivity contribution in [3.05, 3.63) is 66.0 Å². The predicted octanol–water partition coefficient (Wildman–Crippen LogP) is 2.65. The first-order chi connectivity index (χ1) is 15.9. The number of ether oxygens (including phenoxy) is 1. The molecule has 0 spiro atoms. The second-order valence-corrected chi connectivity index (χ2v) is 8.52. The van der Waals surface area contributed by atoms with Gasteiger partial charge in [0.1, 0.15) is 18.3 Å². The molecule has 1 aromatic heterocycles. The van der Waals surface area contributed by atoms with Gasteiger partial charge in [-0.3, -0.25) is 9.59 Å². The number of amides is 2. The quantitative estimate of drug-likeness (QED) is 0.602. The Kier molecular flexibility index (Phi) is 6.72. The molecule has 2 aromatic carbocycles. The van der Waals surface area contributed by atoms with E-state index in [2.05, 4.69) is 21.7 Å². The van der Waals surface area contributed by atoms with Crippen molar-refractivity contribution >= 4 is 11.8 Å². The van der Waals surface area contributed by atoms with Gasteiger partial charge in [-0.25, -0.2) is 4.68 Å². The molecule has 0 radical (unpaired) electrons. The number of nitrogens with zero attached hydrogens (tertiary/aromatic N) is 4. The van der Waals surface area contributed by atoms with Gasteiger partial charge < -0.3 is 15.0 Å². The Hall–Kier alpha value is -3.68. The van der Waals surface area contributed by atoms with Crippen molar-refractivity contribution in [1.29, 1.82) is 0 Å². The van der Waals surface area contributed by atoms with E-state index in [0.29, 0.717) is 19.5 Å². The number of benzene rings is 2. The van der Waals surface area contributed by atoms with Gasteiger partial charge >= 0.3 is 0 Å². The average Bonchev–Trinajstić information content (AvgIpc) is 3.29. The minimum atomic E-state index is -0.564. The molecule has 8 heteroatoms. The molecule has 1 saturated heterocycles. The predicted molar refractivity (Wildman–Crippen MR) is 125 cm³/mol. The fourth-order valence-electron chi connectivity index (χ4n) is 3.99. The Morgan fingerprint density at radius 2 is 1.97 bits per heavy atom. The molecular formula is C25H29N5O3. The molecule has 1 N–H and O–H groups in total. The van der Waals surface area contributed by atoms with E-state index in [1.807, 2.05) is 56.3 Å². The zero-order chi connectivity index (χ0) is 23.4. The molecule has 1 aliphatic rings. The molecule has 33 heavy (non-hydrogen) atoms. The first kappa shape index (κ1) is 22.5. The molecule has 172 valence electrons. The second kappa shape index (κ2) is 9.85. The summed E-state index contributed by atoms with van der Waals surface area (Å²) < 4.78 is 6.79. The van der Waals surface area contributed by atoms with Gasteiger partial charge in [0.25, 0.3) is 0 Å². The largest absolute Gasteiger partial charge is 0.497 e. The van der Waals surface area contributed by atoms with Crippen LogP contribution in [0.4, 0.5) is 0 Å². The first-order valence-electron chi connectivity index (χ1n) is 11.1. The van der Waals surface area contributed by atoms with Crippen LogP contribution in [0.1, 0.15) is 31.0 Å². The molecule has 0 saturated carbocycles. The van der Waals surface area contributed by atoms with Crippen molar-refractivity contribution in [1.82, 2.24) is 25.2 Å². The van der Waals surface area contributed by atoms with Crippen molar-refractivity contribution in [3.8, 4) is 16.9 Å².